The number of nitrogens with zero attached hydrogens (tertiary/aromatic N) is 2. The van der Waals surface area contributed by atoms with Crippen LogP contribution in [0.5, 0.6) is 0 Å². The third-order valence-electron chi connectivity index (χ3n) is 2.50. The lowest BCUT2D eigenvalue weighted by molar-refractivity contribution is -0.121. The molecule has 0 saturated carbocycles. The summed E-state index contributed by atoms with van der Waals surface area (Å²) in [7, 11) is 3.45. The van der Waals surface area contributed by atoms with Gasteiger partial charge < -0.3 is 9.67 Å². The minimum atomic E-state index is -0.878. The molecule has 0 bridgehead atoms. The third-order valence-corrected chi connectivity index (χ3v) is 2.50. The maximum atomic E-state index is 11.8. The second-order valence-corrected chi connectivity index (χ2v) is 5.37. The van der Waals surface area contributed by atoms with Gasteiger partial charge in [0.1, 0.15) is 5.69 Å². The Hall–Kier alpha value is -1.66. The van der Waals surface area contributed by atoms with Gasteiger partial charge in [0.25, 0.3) is 5.91 Å². The molecule has 0 aliphatic carbocycles. The van der Waals surface area contributed by atoms with Crippen LogP contribution < -0.4 is 5.32 Å². The zero-order valence-electron chi connectivity index (χ0n) is 11.8. The predicted octanol–water partition coefficient (Wildman–Crippen LogP) is -0.0158. The summed E-state index contributed by atoms with van der Waals surface area (Å²) in [5.74, 6) is -0.813. The van der Waals surface area contributed by atoms with Gasteiger partial charge in [0, 0.05) is 19.8 Å². The van der Waals surface area contributed by atoms with Gasteiger partial charge in [-0.1, -0.05) is 0 Å². The quantitative estimate of drug-likeness (QED) is 0.786. The van der Waals surface area contributed by atoms with Crippen LogP contribution >= 0.6 is 0 Å². The fourth-order valence-electron chi connectivity index (χ4n) is 1.89. The normalized spacial score (nSPS) is 11.7. The Bertz CT molecular complexity index is 460. The predicted molar refractivity (Wildman–Crippen MR) is 71.7 cm³/mol. The molecular weight excluding hydrogens is 246 g/mol. The second kappa shape index (κ2) is 5.99. The molecule has 106 valence electrons. The Kier molecular flexibility index (Phi) is 4.85. The summed E-state index contributed by atoms with van der Waals surface area (Å²) in [5, 5.41) is 11.9. The van der Waals surface area contributed by atoms with Gasteiger partial charge in [-0.05, 0) is 33.0 Å². The van der Waals surface area contributed by atoms with E-state index in [1.165, 1.54) is 0 Å². The van der Waals surface area contributed by atoms with Gasteiger partial charge in [-0.2, -0.15) is 0 Å². The van der Waals surface area contributed by atoms with E-state index in [2.05, 4.69) is 5.32 Å². The lowest BCUT2D eigenvalue weighted by Crippen LogP contribution is -2.43. The van der Waals surface area contributed by atoms with Crippen molar-refractivity contribution in [2.24, 2.45) is 7.05 Å². The largest absolute Gasteiger partial charge is 0.389 e. The Labute approximate surface area is 113 Å². The molecule has 6 nitrogen and oxygen atoms in total. The van der Waals surface area contributed by atoms with Crippen LogP contribution in [0.15, 0.2) is 18.3 Å². The van der Waals surface area contributed by atoms with E-state index in [4.69, 9.17) is 0 Å². The number of aromatic nitrogens is 1. The van der Waals surface area contributed by atoms with E-state index in [0.29, 0.717) is 12.2 Å². The number of rotatable bonds is 5. The monoisotopic (exact) mass is 267 g/mol. The topological polar surface area (TPSA) is 74.6 Å². The summed E-state index contributed by atoms with van der Waals surface area (Å²) in [6.07, 6.45) is 1.74. The minimum absolute atomic E-state index is 0.0557. The molecule has 0 aromatic carbocycles. The van der Waals surface area contributed by atoms with Crippen LogP contribution in [0.2, 0.25) is 0 Å². The number of nitrogens with one attached hydrogen (secondary N) is 1. The molecule has 0 spiro atoms. The van der Waals surface area contributed by atoms with Crippen molar-refractivity contribution in [3.8, 4) is 0 Å². The van der Waals surface area contributed by atoms with E-state index >= 15 is 0 Å². The SMILES string of the molecule is CN(CC(=O)NC(=O)c1cccn1C)CC(C)(C)O. The standard InChI is InChI=1S/C13H21N3O3/c1-13(2,19)9-15(3)8-11(17)14-12(18)10-6-5-7-16(10)4/h5-7,19H,8-9H2,1-4H3,(H,14,17,18). The van der Waals surface area contributed by atoms with Crippen molar-refractivity contribution in [1.29, 1.82) is 0 Å². The maximum Gasteiger partial charge on any atom is 0.274 e. The first-order valence-electron chi connectivity index (χ1n) is 6.05. The van der Waals surface area contributed by atoms with Crippen LogP contribution in [-0.4, -0.2) is 52.1 Å². The number of likely N-dealkylation sites (N-methyl/N-ethyl adjacent to an activating group) is 1. The molecule has 0 unspecified atom stereocenters. The summed E-state index contributed by atoms with van der Waals surface area (Å²) >= 11 is 0. The maximum absolute atomic E-state index is 11.8. The highest BCUT2D eigenvalue weighted by atomic mass is 16.3. The van der Waals surface area contributed by atoms with Crippen LogP contribution in [0.3, 0.4) is 0 Å². The fraction of sp³-hybridized carbons (Fsp3) is 0.538. The van der Waals surface area contributed by atoms with Gasteiger partial charge in [-0.3, -0.25) is 19.8 Å². The molecule has 1 aromatic heterocycles. The number of carbonyl (C=O) groups excluding carboxylic acids is 2. The summed E-state index contributed by atoms with van der Waals surface area (Å²) in [6, 6.07) is 3.38. The van der Waals surface area contributed by atoms with Crippen LogP contribution in [0.4, 0.5) is 0 Å². The molecule has 2 N–H and O–H groups in total. The number of carbonyl (C=O) groups is 2. The zero-order chi connectivity index (χ0) is 14.6. The average Bonchev–Trinajstić information content (AvgIpc) is 2.60. The van der Waals surface area contributed by atoms with Crippen molar-refractivity contribution < 1.29 is 14.7 Å². The molecule has 0 radical (unpaired) electrons. The van der Waals surface area contributed by atoms with E-state index in [1.54, 1.807) is 55.7 Å². The van der Waals surface area contributed by atoms with E-state index in [-0.39, 0.29) is 6.54 Å². The number of hydrogen-bond donors (Lipinski definition) is 2. The second-order valence-electron chi connectivity index (χ2n) is 5.37. The van der Waals surface area contributed by atoms with Crippen molar-refractivity contribution in [2.45, 2.75) is 19.4 Å². The molecule has 0 atom stereocenters. The summed E-state index contributed by atoms with van der Waals surface area (Å²) < 4.78 is 1.64. The summed E-state index contributed by atoms with van der Waals surface area (Å²) in [4.78, 5) is 25.1. The van der Waals surface area contributed by atoms with Crippen LogP contribution in [-0.2, 0) is 11.8 Å². The smallest absolute Gasteiger partial charge is 0.274 e. The van der Waals surface area contributed by atoms with Gasteiger partial charge in [-0.25, -0.2) is 0 Å². The highest BCUT2D eigenvalue weighted by Gasteiger charge is 2.19. The first-order valence-corrected chi connectivity index (χ1v) is 6.05. The van der Waals surface area contributed by atoms with Gasteiger partial charge in [0.2, 0.25) is 5.91 Å². The van der Waals surface area contributed by atoms with Crippen LogP contribution in [0.25, 0.3) is 0 Å². The first-order chi connectivity index (χ1) is 8.69. The third kappa shape index (κ3) is 5.23. The number of imide groups is 1. The molecule has 0 aliphatic rings. The van der Waals surface area contributed by atoms with E-state index in [0.717, 1.165) is 0 Å². The van der Waals surface area contributed by atoms with E-state index < -0.39 is 17.4 Å². The van der Waals surface area contributed by atoms with Crippen molar-refractivity contribution in [3.63, 3.8) is 0 Å². The molecule has 1 aromatic rings. The zero-order valence-corrected chi connectivity index (χ0v) is 11.8. The van der Waals surface area contributed by atoms with Crippen molar-refractivity contribution >= 4 is 11.8 Å². The molecule has 19 heavy (non-hydrogen) atoms. The number of hydrogen-bond acceptors (Lipinski definition) is 4. The minimum Gasteiger partial charge on any atom is -0.389 e. The van der Waals surface area contributed by atoms with Gasteiger partial charge >= 0.3 is 0 Å². The molecular formula is C13H21N3O3. The van der Waals surface area contributed by atoms with Gasteiger partial charge in [0.15, 0.2) is 0 Å². The van der Waals surface area contributed by atoms with E-state index in [1.807, 2.05) is 0 Å². The first kappa shape index (κ1) is 15.4. The molecule has 6 heteroatoms. The number of aryl methyl sites for hydroxylation is 1. The molecule has 0 aliphatic heterocycles. The Morgan fingerprint density at radius 1 is 1.47 bits per heavy atom. The van der Waals surface area contributed by atoms with Crippen molar-refractivity contribution in [3.05, 3.63) is 24.0 Å². The Morgan fingerprint density at radius 3 is 2.58 bits per heavy atom. The average molecular weight is 267 g/mol. The molecule has 0 fully saturated rings. The van der Waals surface area contributed by atoms with Crippen LogP contribution in [0.1, 0.15) is 24.3 Å². The lowest BCUT2D eigenvalue weighted by atomic mass is 10.1. The lowest BCUT2D eigenvalue weighted by Gasteiger charge is -2.24. The van der Waals surface area contributed by atoms with E-state index in [9.17, 15) is 14.7 Å². The number of aliphatic hydroxyl groups is 1. The van der Waals surface area contributed by atoms with Gasteiger partial charge in [0.05, 0.1) is 12.1 Å². The van der Waals surface area contributed by atoms with Crippen molar-refractivity contribution in [1.82, 2.24) is 14.8 Å². The Morgan fingerprint density at radius 2 is 2.11 bits per heavy atom. The molecule has 0 saturated heterocycles. The highest BCUT2D eigenvalue weighted by Crippen LogP contribution is 2.03. The van der Waals surface area contributed by atoms with Gasteiger partial charge in [-0.15, -0.1) is 0 Å². The molecule has 1 heterocycles. The Balaban J connectivity index is 2.48. The highest BCUT2D eigenvalue weighted by molar-refractivity contribution is 6.04. The molecule has 2 amide bonds. The fourth-order valence-corrected chi connectivity index (χ4v) is 1.89. The summed E-state index contributed by atoms with van der Waals surface area (Å²) in [5.41, 5.74) is -0.449. The molecule has 1 rings (SSSR count). The summed E-state index contributed by atoms with van der Waals surface area (Å²) in [6.45, 7) is 3.73. The van der Waals surface area contributed by atoms with Crippen molar-refractivity contribution in [2.75, 3.05) is 20.1 Å². The number of amides is 2. The van der Waals surface area contributed by atoms with Crippen LogP contribution in [0, 0.1) is 0 Å².